The molecular weight excluding hydrogens is 425 g/mol. The maximum Gasteiger partial charge on any atom is 0.252 e. The fraction of sp³-hybridized carbons (Fsp3) is 0.435. The minimum absolute atomic E-state index is 0.163. The Labute approximate surface area is 191 Å². The molecule has 0 bridgehead atoms. The Morgan fingerprint density at radius 2 is 1.88 bits per heavy atom. The predicted octanol–water partition coefficient (Wildman–Crippen LogP) is 3.40. The summed E-state index contributed by atoms with van der Waals surface area (Å²) in [5.41, 5.74) is 1.47. The van der Waals surface area contributed by atoms with Crippen molar-refractivity contribution in [2.45, 2.75) is 38.7 Å². The standard InChI is InChI=1S/C23H26FN7O2/c1-14-9-17(21-27-13-28-29-21)18(24)10-19(14)31-20(32)12-30(22-23(31)26-8-7-25-22)11-15-3-5-16(33-2)6-4-15/h7-10,13,15-16H,3-6,11-12H2,1-2H3,(H,27,28,29). The smallest absolute Gasteiger partial charge is 0.252 e. The monoisotopic (exact) mass is 451 g/mol. The highest BCUT2D eigenvalue weighted by atomic mass is 19.1. The van der Waals surface area contributed by atoms with E-state index in [1.54, 1.807) is 25.6 Å². The molecule has 1 aromatic carbocycles. The third-order valence-electron chi connectivity index (χ3n) is 6.55. The number of hydrogen-bond donors (Lipinski definition) is 1. The van der Waals surface area contributed by atoms with Gasteiger partial charge >= 0.3 is 0 Å². The van der Waals surface area contributed by atoms with Gasteiger partial charge in [-0.2, -0.15) is 5.10 Å². The van der Waals surface area contributed by atoms with Gasteiger partial charge in [0.2, 0.25) is 0 Å². The molecule has 2 aromatic heterocycles. The lowest BCUT2D eigenvalue weighted by Gasteiger charge is -2.38. The topological polar surface area (TPSA) is 100 Å². The summed E-state index contributed by atoms with van der Waals surface area (Å²) < 4.78 is 20.5. The summed E-state index contributed by atoms with van der Waals surface area (Å²) in [5.74, 6) is 1.21. The first kappa shape index (κ1) is 21.4. The van der Waals surface area contributed by atoms with Crippen LogP contribution in [0.4, 0.5) is 21.7 Å². The van der Waals surface area contributed by atoms with Crippen LogP contribution in [-0.4, -0.2) is 57.4 Å². The zero-order valence-corrected chi connectivity index (χ0v) is 18.7. The lowest BCUT2D eigenvalue weighted by molar-refractivity contribution is -0.117. The minimum atomic E-state index is -0.497. The number of aromatic nitrogens is 5. The van der Waals surface area contributed by atoms with E-state index in [0.717, 1.165) is 37.8 Å². The maximum atomic E-state index is 15.0. The quantitative estimate of drug-likeness (QED) is 0.635. The number of fused-ring (bicyclic) bond motifs is 1. The molecule has 1 fully saturated rings. The van der Waals surface area contributed by atoms with Crippen LogP contribution in [0.5, 0.6) is 0 Å². The van der Waals surface area contributed by atoms with Gasteiger partial charge in [0.25, 0.3) is 5.91 Å². The number of carbonyl (C=O) groups is 1. The molecule has 0 atom stereocenters. The molecule has 10 heteroatoms. The Bertz CT molecular complexity index is 1150. The zero-order chi connectivity index (χ0) is 22.9. The van der Waals surface area contributed by atoms with Crippen molar-refractivity contribution in [3.63, 3.8) is 0 Å². The summed E-state index contributed by atoms with van der Waals surface area (Å²) in [6, 6.07) is 3.01. The molecule has 1 aliphatic heterocycles. The molecule has 0 unspecified atom stereocenters. The predicted molar refractivity (Wildman–Crippen MR) is 121 cm³/mol. The van der Waals surface area contributed by atoms with Crippen molar-refractivity contribution in [1.82, 2.24) is 25.1 Å². The number of nitrogens with zero attached hydrogens (tertiary/aromatic N) is 6. The SMILES string of the molecule is COC1CCC(CN2CC(=O)N(c3cc(F)c(-c4ncn[nH]4)cc3C)c3nccnc32)CC1. The Morgan fingerprint density at radius 3 is 2.58 bits per heavy atom. The molecule has 9 nitrogen and oxygen atoms in total. The Kier molecular flexibility index (Phi) is 5.76. The summed E-state index contributed by atoms with van der Waals surface area (Å²) in [5, 5.41) is 6.47. The molecule has 0 radical (unpaired) electrons. The maximum absolute atomic E-state index is 15.0. The normalized spacial score (nSPS) is 20.8. The van der Waals surface area contributed by atoms with Gasteiger partial charge in [0.1, 0.15) is 12.1 Å². The second kappa shape index (κ2) is 8.86. The van der Waals surface area contributed by atoms with E-state index in [-0.39, 0.29) is 12.5 Å². The molecule has 3 aromatic rings. The van der Waals surface area contributed by atoms with Gasteiger partial charge in [-0.05, 0) is 56.2 Å². The number of nitrogens with one attached hydrogen (secondary N) is 1. The van der Waals surface area contributed by atoms with Gasteiger partial charge in [-0.15, -0.1) is 0 Å². The number of hydrogen-bond acceptors (Lipinski definition) is 7. The molecule has 172 valence electrons. The average molecular weight is 452 g/mol. The van der Waals surface area contributed by atoms with Crippen LogP contribution in [0.25, 0.3) is 11.4 Å². The van der Waals surface area contributed by atoms with Gasteiger partial charge in [-0.3, -0.25) is 14.8 Å². The van der Waals surface area contributed by atoms with Crippen LogP contribution in [0.2, 0.25) is 0 Å². The first-order valence-corrected chi connectivity index (χ1v) is 11.1. The second-order valence-electron chi connectivity index (χ2n) is 8.64. The van der Waals surface area contributed by atoms with Crippen molar-refractivity contribution in [1.29, 1.82) is 0 Å². The van der Waals surface area contributed by atoms with Crippen LogP contribution in [-0.2, 0) is 9.53 Å². The number of aromatic amines is 1. The molecular formula is C23H26FN7O2. The minimum Gasteiger partial charge on any atom is -0.381 e. The van der Waals surface area contributed by atoms with Crippen molar-refractivity contribution in [2.75, 3.05) is 30.0 Å². The van der Waals surface area contributed by atoms with Crippen LogP contribution < -0.4 is 9.80 Å². The molecule has 0 spiro atoms. The van der Waals surface area contributed by atoms with Gasteiger partial charge < -0.3 is 9.64 Å². The van der Waals surface area contributed by atoms with E-state index in [2.05, 4.69) is 25.1 Å². The number of rotatable bonds is 5. The molecule has 1 N–H and O–H groups in total. The third-order valence-corrected chi connectivity index (χ3v) is 6.55. The van der Waals surface area contributed by atoms with E-state index in [1.165, 1.54) is 17.3 Å². The van der Waals surface area contributed by atoms with E-state index in [1.807, 2.05) is 11.8 Å². The van der Waals surface area contributed by atoms with E-state index >= 15 is 4.39 Å². The fourth-order valence-electron chi connectivity index (χ4n) is 4.82. The first-order chi connectivity index (χ1) is 16.0. The Balaban J connectivity index is 1.45. The van der Waals surface area contributed by atoms with E-state index in [0.29, 0.717) is 40.7 Å². The second-order valence-corrected chi connectivity index (χ2v) is 8.64. The third kappa shape index (κ3) is 4.06. The highest BCUT2D eigenvalue weighted by Gasteiger charge is 2.35. The number of benzene rings is 1. The molecule has 1 saturated carbocycles. The summed E-state index contributed by atoms with van der Waals surface area (Å²) in [6.07, 6.45) is 8.99. The van der Waals surface area contributed by atoms with Crippen LogP contribution >= 0.6 is 0 Å². The van der Waals surface area contributed by atoms with Gasteiger partial charge in [-0.25, -0.2) is 19.3 Å². The number of H-pyrrole nitrogens is 1. The molecule has 1 amide bonds. The zero-order valence-electron chi connectivity index (χ0n) is 18.7. The van der Waals surface area contributed by atoms with Gasteiger partial charge in [-0.1, -0.05) is 0 Å². The fourth-order valence-corrected chi connectivity index (χ4v) is 4.82. The number of anilines is 3. The van der Waals surface area contributed by atoms with Crippen molar-refractivity contribution in [3.05, 3.63) is 42.2 Å². The van der Waals surface area contributed by atoms with E-state index in [4.69, 9.17) is 4.74 Å². The van der Waals surface area contributed by atoms with Crippen molar-refractivity contribution in [2.24, 2.45) is 5.92 Å². The number of ether oxygens (including phenoxy) is 1. The number of amides is 1. The molecule has 3 heterocycles. The van der Waals surface area contributed by atoms with Gasteiger partial charge in [0.15, 0.2) is 17.5 Å². The molecule has 5 rings (SSSR count). The molecule has 0 saturated heterocycles. The largest absolute Gasteiger partial charge is 0.381 e. The summed E-state index contributed by atoms with van der Waals surface area (Å²) >= 11 is 0. The number of aryl methyl sites for hydroxylation is 1. The Morgan fingerprint density at radius 1 is 1.12 bits per heavy atom. The summed E-state index contributed by atoms with van der Waals surface area (Å²) in [7, 11) is 1.76. The van der Waals surface area contributed by atoms with Crippen molar-refractivity contribution in [3.8, 4) is 11.4 Å². The summed E-state index contributed by atoms with van der Waals surface area (Å²) in [4.78, 5) is 29.9. The van der Waals surface area contributed by atoms with E-state index in [9.17, 15) is 4.79 Å². The van der Waals surface area contributed by atoms with Gasteiger partial charge in [0.05, 0.1) is 23.9 Å². The Hall–Kier alpha value is -3.40. The first-order valence-electron chi connectivity index (χ1n) is 11.1. The lowest BCUT2D eigenvalue weighted by Crippen LogP contribution is -2.46. The van der Waals surface area contributed by atoms with Crippen molar-refractivity contribution >= 4 is 23.2 Å². The van der Waals surface area contributed by atoms with Crippen LogP contribution in [0.3, 0.4) is 0 Å². The van der Waals surface area contributed by atoms with Crippen LogP contribution in [0.15, 0.2) is 30.9 Å². The van der Waals surface area contributed by atoms with Crippen LogP contribution in [0.1, 0.15) is 31.2 Å². The summed E-state index contributed by atoms with van der Waals surface area (Å²) in [6.45, 7) is 2.74. The van der Waals surface area contributed by atoms with Gasteiger partial charge in [0, 0.05) is 26.0 Å². The molecule has 33 heavy (non-hydrogen) atoms. The van der Waals surface area contributed by atoms with E-state index < -0.39 is 5.82 Å². The van der Waals surface area contributed by atoms with Crippen molar-refractivity contribution < 1.29 is 13.9 Å². The molecule has 1 aliphatic carbocycles. The number of methoxy groups -OCH3 is 1. The average Bonchev–Trinajstić information content (AvgIpc) is 3.36. The molecule has 2 aliphatic rings. The van der Waals surface area contributed by atoms with Crippen LogP contribution in [0, 0.1) is 18.7 Å². The number of halogens is 1. The number of carbonyl (C=O) groups excluding carboxylic acids is 1. The highest BCUT2D eigenvalue weighted by Crippen LogP contribution is 2.39. The lowest BCUT2D eigenvalue weighted by atomic mass is 9.87. The highest BCUT2D eigenvalue weighted by molar-refractivity contribution is 6.07.